The number of aromatic nitrogens is 2. The molecule has 6 nitrogen and oxygen atoms in total. The van der Waals surface area contributed by atoms with Crippen molar-refractivity contribution in [3.63, 3.8) is 0 Å². The fourth-order valence-corrected chi connectivity index (χ4v) is 3.64. The number of nitrogens with zero attached hydrogens (tertiary/aromatic N) is 2. The molecule has 1 amide bonds. The molecule has 2 bridgehead atoms. The molecule has 0 saturated carbocycles. The number of imidazole rings is 1. The van der Waals surface area contributed by atoms with Gasteiger partial charge in [0.15, 0.2) is 5.60 Å². The second-order valence-electron chi connectivity index (χ2n) is 6.72. The standard InChI is InChI=1S/C19H18N4O2/c24-18(19-8-15(11-25-19)20-12-19)21-14-6-7-17-22-16(10-23(17)9-14)13-4-2-1-3-5-13/h1-7,9-10,15,20H,8,11-12H2,(H,21,24)/t15-,19-/m1/s1. The van der Waals surface area contributed by atoms with Crippen molar-refractivity contribution in [2.75, 3.05) is 18.5 Å². The van der Waals surface area contributed by atoms with Crippen molar-refractivity contribution in [2.24, 2.45) is 0 Å². The van der Waals surface area contributed by atoms with Crippen molar-refractivity contribution in [1.82, 2.24) is 14.7 Å². The maximum atomic E-state index is 12.7. The number of ether oxygens (including phenoxy) is 1. The van der Waals surface area contributed by atoms with Crippen LogP contribution in [0.4, 0.5) is 5.69 Å². The molecule has 2 aliphatic heterocycles. The summed E-state index contributed by atoms with van der Waals surface area (Å²) in [5, 5.41) is 6.30. The number of nitrogens with one attached hydrogen (secondary N) is 2. The van der Waals surface area contributed by atoms with Gasteiger partial charge >= 0.3 is 0 Å². The fraction of sp³-hybridized carbons (Fsp3) is 0.263. The third-order valence-electron chi connectivity index (χ3n) is 5.01. The summed E-state index contributed by atoms with van der Waals surface area (Å²) < 4.78 is 7.66. The number of carbonyl (C=O) groups is 1. The average molecular weight is 334 g/mol. The second-order valence-corrected chi connectivity index (χ2v) is 6.72. The number of carbonyl (C=O) groups excluding carboxylic acids is 1. The highest BCUT2D eigenvalue weighted by atomic mass is 16.5. The largest absolute Gasteiger partial charge is 0.362 e. The Morgan fingerprint density at radius 3 is 2.84 bits per heavy atom. The van der Waals surface area contributed by atoms with E-state index in [-0.39, 0.29) is 5.91 Å². The molecular formula is C19H18N4O2. The molecule has 6 heteroatoms. The van der Waals surface area contributed by atoms with Crippen molar-refractivity contribution in [1.29, 1.82) is 0 Å². The summed E-state index contributed by atoms with van der Waals surface area (Å²) in [7, 11) is 0. The van der Waals surface area contributed by atoms with Gasteiger partial charge in [0.2, 0.25) is 0 Å². The molecule has 126 valence electrons. The number of morpholine rings is 1. The third-order valence-corrected chi connectivity index (χ3v) is 5.01. The van der Waals surface area contributed by atoms with Gasteiger partial charge in [-0.05, 0) is 12.1 Å². The highest BCUT2D eigenvalue weighted by molar-refractivity contribution is 5.98. The molecule has 5 rings (SSSR count). The fourth-order valence-electron chi connectivity index (χ4n) is 3.64. The summed E-state index contributed by atoms with van der Waals surface area (Å²) in [5.41, 5.74) is 2.84. The number of anilines is 1. The van der Waals surface area contributed by atoms with Crippen molar-refractivity contribution >= 4 is 17.2 Å². The zero-order valence-electron chi connectivity index (χ0n) is 13.6. The Labute approximate surface area is 144 Å². The molecule has 4 heterocycles. The normalized spacial score (nSPS) is 24.7. The van der Waals surface area contributed by atoms with Crippen molar-refractivity contribution in [2.45, 2.75) is 18.1 Å². The van der Waals surface area contributed by atoms with Crippen LogP contribution in [0.3, 0.4) is 0 Å². The van der Waals surface area contributed by atoms with Gasteiger partial charge in [-0.25, -0.2) is 4.98 Å². The van der Waals surface area contributed by atoms with Crippen molar-refractivity contribution in [3.8, 4) is 11.3 Å². The van der Waals surface area contributed by atoms with Crippen LogP contribution in [-0.4, -0.2) is 40.1 Å². The molecule has 2 fully saturated rings. The molecule has 2 saturated heterocycles. The Bertz CT molecular complexity index is 942. The number of fused-ring (bicyclic) bond motifs is 3. The number of hydrogen-bond acceptors (Lipinski definition) is 4. The Morgan fingerprint density at radius 2 is 2.12 bits per heavy atom. The number of rotatable bonds is 3. The molecule has 2 aromatic heterocycles. The third kappa shape index (κ3) is 2.42. The van der Waals surface area contributed by atoms with Gasteiger partial charge in [0, 0.05) is 37.0 Å². The first-order valence-corrected chi connectivity index (χ1v) is 8.45. The predicted octanol–water partition coefficient (Wildman–Crippen LogP) is 2.07. The SMILES string of the molecule is O=C(Nc1ccc2nc(-c3ccccc3)cn2c1)[C@@]12CN[C@@H](CO1)C2. The van der Waals surface area contributed by atoms with Crippen LogP contribution < -0.4 is 10.6 Å². The van der Waals surface area contributed by atoms with Crippen LogP contribution in [0.5, 0.6) is 0 Å². The first-order valence-electron chi connectivity index (χ1n) is 8.45. The van der Waals surface area contributed by atoms with Gasteiger partial charge in [-0.15, -0.1) is 0 Å². The Hall–Kier alpha value is -2.70. The monoisotopic (exact) mass is 334 g/mol. The van der Waals surface area contributed by atoms with E-state index in [1.54, 1.807) is 0 Å². The quantitative estimate of drug-likeness (QED) is 0.769. The average Bonchev–Trinajstić information content (AvgIpc) is 3.37. The summed E-state index contributed by atoms with van der Waals surface area (Å²) in [4.78, 5) is 17.3. The van der Waals surface area contributed by atoms with Crippen LogP contribution in [0.15, 0.2) is 54.9 Å². The smallest absolute Gasteiger partial charge is 0.258 e. The zero-order chi connectivity index (χ0) is 16.9. The first-order chi connectivity index (χ1) is 12.2. The molecule has 3 aromatic rings. The van der Waals surface area contributed by atoms with Crippen LogP contribution in [0.25, 0.3) is 16.9 Å². The molecule has 0 spiro atoms. The minimum atomic E-state index is -0.718. The van der Waals surface area contributed by atoms with E-state index in [9.17, 15) is 4.79 Å². The topological polar surface area (TPSA) is 67.7 Å². The van der Waals surface area contributed by atoms with E-state index in [1.165, 1.54) is 0 Å². The van der Waals surface area contributed by atoms with Gasteiger partial charge in [0.25, 0.3) is 5.91 Å². The lowest BCUT2D eigenvalue weighted by molar-refractivity contribution is -0.135. The molecule has 2 aliphatic rings. The molecule has 1 aromatic carbocycles. The van der Waals surface area contributed by atoms with Gasteiger partial charge < -0.3 is 19.8 Å². The van der Waals surface area contributed by atoms with Crippen molar-refractivity contribution in [3.05, 3.63) is 54.9 Å². The molecule has 25 heavy (non-hydrogen) atoms. The van der Waals surface area contributed by atoms with Crippen molar-refractivity contribution < 1.29 is 9.53 Å². The van der Waals surface area contributed by atoms with Crippen LogP contribution >= 0.6 is 0 Å². The molecular weight excluding hydrogens is 316 g/mol. The lowest BCUT2D eigenvalue weighted by Crippen LogP contribution is -2.48. The van der Waals surface area contributed by atoms with E-state index in [1.807, 2.05) is 59.3 Å². The Balaban J connectivity index is 1.42. The summed E-state index contributed by atoms with van der Waals surface area (Å²) in [5.74, 6) is -0.0808. The number of benzene rings is 1. The van der Waals surface area contributed by atoms with Crippen LogP contribution in [-0.2, 0) is 9.53 Å². The maximum Gasteiger partial charge on any atom is 0.258 e. The second kappa shape index (κ2) is 5.40. The maximum absolute atomic E-state index is 12.7. The Morgan fingerprint density at radius 1 is 1.24 bits per heavy atom. The van der Waals surface area contributed by atoms with Crippen LogP contribution in [0.2, 0.25) is 0 Å². The van der Waals surface area contributed by atoms with E-state index >= 15 is 0 Å². The van der Waals surface area contributed by atoms with E-state index in [4.69, 9.17) is 4.74 Å². The number of hydrogen-bond donors (Lipinski definition) is 2. The van der Waals surface area contributed by atoms with Gasteiger partial charge in [-0.3, -0.25) is 4.79 Å². The summed E-state index contributed by atoms with van der Waals surface area (Å²) in [6.45, 7) is 1.18. The van der Waals surface area contributed by atoms with Gasteiger partial charge in [0.05, 0.1) is 18.0 Å². The summed E-state index contributed by atoms with van der Waals surface area (Å²) >= 11 is 0. The molecule has 2 N–H and O–H groups in total. The minimum Gasteiger partial charge on any atom is -0.362 e. The van der Waals surface area contributed by atoms with E-state index in [0.717, 1.165) is 29.0 Å². The molecule has 0 aliphatic carbocycles. The summed E-state index contributed by atoms with van der Waals surface area (Å²) in [6.07, 6.45) is 4.60. The van der Waals surface area contributed by atoms with Gasteiger partial charge in [-0.1, -0.05) is 30.3 Å². The van der Waals surface area contributed by atoms with Gasteiger partial charge in [0.1, 0.15) is 5.65 Å². The molecule has 2 atom stereocenters. The van der Waals surface area contributed by atoms with E-state index < -0.39 is 5.60 Å². The lowest BCUT2D eigenvalue weighted by Gasteiger charge is -2.25. The Kier molecular flexibility index (Phi) is 3.16. The number of pyridine rings is 1. The van der Waals surface area contributed by atoms with Gasteiger partial charge in [-0.2, -0.15) is 0 Å². The lowest BCUT2D eigenvalue weighted by atomic mass is 10.0. The highest BCUT2D eigenvalue weighted by Gasteiger charge is 2.51. The van der Waals surface area contributed by atoms with Crippen LogP contribution in [0, 0.1) is 0 Å². The summed E-state index contributed by atoms with van der Waals surface area (Å²) in [6, 6.07) is 14.1. The zero-order valence-corrected chi connectivity index (χ0v) is 13.6. The van der Waals surface area contributed by atoms with E-state index in [0.29, 0.717) is 19.2 Å². The van der Waals surface area contributed by atoms with E-state index in [2.05, 4.69) is 15.6 Å². The predicted molar refractivity (Wildman–Crippen MR) is 94.3 cm³/mol. The van der Waals surface area contributed by atoms with Crippen LogP contribution in [0.1, 0.15) is 6.42 Å². The molecule has 0 radical (unpaired) electrons. The number of amides is 1. The highest BCUT2D eigenvalue weighted by Crippen LogP contribution is 2.32. The molecule has 0 unspecified atom stereocenters. The first kappa shape index (κ1) is 14.6. The minimum absolute atomic E-state index is 0.0808.